The minimum absolute atomic E-state index is 0.0231. The first kappa shape index (κ1) is 19.9. The average Bonchev–Trinajstić information content (AvgIpc) is 3.30. The zero-order valence-corrected chi connectivity index (χ0v) is 17.4. The van der Waals surface area contributed by atoms with Crippen molar-refractivity contribution in [2.45, 2.75) is 19.8 Å². The van der Waals surface area contributed by atoms with E-state index in [1.165, 1.54) is 0 Å². The lowest BCUT2D eigenvalue weighted by Crippen LogP contribution is -2.49. The van der Waals surface area contributed by atoms with E-state index in [0.29, 0.717) is 36.1 Å². The number of anilines is 1. The molecule has 0 saturated carbocycles. The van der Waals surface area contributed by atoms with E-state index >= 15 is 0 Å². The predicted molar refractivity (Wildman–Crippen MR) is 113 cm³/mol. The standard InChI is InChI=1S/C22H25N5O3/c1-15(2)21-24-20(25-30-21)17-7-8-19(23-14-17)26-9-11-27(12-10-26)22(28)16-5-4-6-18(13-16)29-3/h4-8,13-15H,9-12H2,1-3H3. The number of hydrogen-bond acceptors (Lipinski definition) is 7. The highest BCUT2D eigenvalue weighted by molar-refractivity contribution is 5.94. The summed E-state index contributed by atoms with van der Waals surface area (Å²) in [5.41, 5.74) is 1.47. The number of aromatic nitrogens is 3. The van der Waals surface area contributed by atoms with Gasteiger partial charge in [-0.3, -0.25) is 4.79 Å². The first-order valence-corrected chi connectivity index (χ1v) is 10.0. The van der Waals surface area contributed by atoms with Crippen molar-refractivity contribution in [1.82, 2.24) is 20.0 Å². The SMILES string of the molecule is COc1cccc(C(=O)N2CCN(c3ccc(-c4noc(C(C)C)n4)cn3)CC2)c1. The fourth-order valence-corrected chi connectivity index (χ4v) is 3.37. The summed E-state index contributed by atoms with van der Waals surface area (Å²) in [6.45, 7) is 6.75. The van der Waals surface area contributed by atoms with Crippen LogP contribution in [0.5, 0.6) is 5.75 Å². The Bertz CT molecular complexity index is 1010. The molecule has 0 N–H and O–H groups in total. The zero-order valence-electron chi connectivity index (χ0n) is 17.4. The first-order valence-electron chi connectivity index (χ1n) is 10.0. The molecule has 1 amide bonds. The highest BCUT2D eigenvalue weighted by atomic mass is 16.5. The van der Waals surface area contributed by atoms with E-state index in [1.54, 1.807) is 19.4 Å². The number of ether oxygens (including phenoxy) is 1. The number of carbonyl (C=O) groups excluding carboxylic acids is 1. The number of nitrogens with zero attached hydrogens (tertiary/aromatic N) is 5. The largest absolute Gasteiger partial charge is 0.497 e. The number of carbonyl (C=O) groups is 1. The molecule has 1 saturated heterocycles. The Morgan fingerprint density at radius 1 is 1.13 bits per heavy atom. The maximum Gasteiger partial charge on any atom is 0.254 e. The summed E-state index contributed by atoms with van der Waals surface area (Å²) in [5, 5.41) is 4.03. The van der Waals surface area contributed by atoms with Gasteiger partial charge in [0.15, 0.2) is 0 Å². The predicted octanol–water partition coefficient (Wildman–Crippen LogP) is 3.23. The highest BCUT2D eigenvalue weighted by Crippen LogP contribution is 2.22. The van der Waals surface area contributed by atoms with Crippen LogP contribution in [0.1, 0.15) is 36.0 Å². The third-order valence-electron chi connectivity index (χ3n) is 5.15. The molecule has 30 heavy (non-hydrogen) atoms. The number of pyridine rings is 1. The van der Waals surface area contributed by atoms with Gasteiger partial charge in [-0.1, -0.05) is 25.1 Å². The van der Waals surface area contributed by atoms with Crippen molar-refractivity contribution in [2.24, 2.45) is 0 Å². The summed E-state index contributed by atoms with van der Waals surface area (Å²) in [6.07, 6.45) is 1.76. The summed E-state index contributed by atoms with van der Waals surface area (Å²) in [5.74, 6) is 2.94. The smallest absolute Gasteiger partial charge is 0.254 e. The highest BCUT2D eigenvalue weighted by Gasteiger charge is 2.23. The topological polar surface area (TPSA) is 84.6 Å². The number of piperazine rings is 1. The van der Waals surface area contributed by atoms with E-state index in [2.05, 4.69) is 20.0 Å². The third kappa shape index (κ3) is 4.12. The minimum atomic E-state index is 0.0231. The van der Waals surface area contributed by atoms with Crippen molar-refractivity contribution < 1.29 is 14.1 Å². The van der Waals surface area contributed by atoms with Crippen molar-refractivity contribution in [3.63, 3.8) is 0 Å². The Hall–Kier alpha value is -3.42. The second-order valence-electron chi connectivity index (χ2n) is 7.53. The monoisotopic (exact) mass is 407 g/mol. The molecule has 156 valence electrons. The van der Waals surface area contributed by atoms with Gasteiger partial charge in [-0.05, 0) is 30.3 Å². The van der Waals surface area contributed by atoms with Gasteiger partial charge in [-0.15, -0.1) is 0 Å². The molecule has 0 bridgehead atoms. The molecule has 4 rings (SSSR count). The Morgan fingerprint density at radius 2 is 1.93 bits per heavy atom. The van der Waals surface area contributed by atoms with Gasteiger partial charge in [0.1, 0.15) is 11.6 Å². The summed E-state index contributed by atoms with van der Waals surface area (Å²) in [4.78, 5) is 25.8. The quantitative estimate of drug-likeness (QED) is 0.642. The number of benzene rings is 1. The van der Waals surface area contributed by atoms with Crippen LogP contribution in [-0.2, 0) is 0 Å². The molecule has 0 radical (unpaired) electrons. The summed E-state index contributed by atoms with van der Waals surface area (Å²) < 4.78 is 10.5. The zero-order chi connectivity index (χ0) is 21.1. The van der Waals surface area contributed by atoms with E-state index in [4.69, 9.17) is 9.26 Å². The van der Waals surface area contributed by atoms with Crippen molar-refractivity contribution in [3.8, 4) is 17.1 Å². The van der Waals surface area contributed by atoms with E-state index in [1.807, 2.05) is 49.1 Å². The van der Waals surface area contributed by atoms with Crippen molar-refractivity contribution in [3.05, 3.63) is 54.0 Å². The van der Waals surface area contributed by atoms with Crippen LogP contribution in [0, 0.1) is 0 Å². The van der Waals surface area contributed by atoms with Gasteiger partial charge >= 0.3 is 0 Å². The summed E-state index contributed by atoms with van der Waals surface area (Å²) in [7, 11) is 1.60. The van der Waals surface area contributed by atoms with Crippen LogP contribution in [0.25, 0.3) is 11.4 Å². The molecule has 0 unspecified atom stereocenters. The van der Waals surface area contributed by atoms with Crippen LogP contribution in [0.15, 0.2) is 47.1 Å². The van der Waals surface area contributed by atoms with Gasteiger partial charge < -0.3 is 19.1 Å². The molecular formula is C22H25N5O3. The lowest BCUT2D eigenvalue weighted by Gasteiger charge is -2.35. The Labute approximate surface area is 175 Å². The number of amides is 1. The molecule has 3 heterocycles. The second-order valence-corrected chi connectivity index (χ2v) is 7.53. The fraction of sp³-hybridized carbons (Fsp3) is 0.364. The Kier molecular flexibility index (Phi) is 5.65. The molecule has 3 aromatic rings. The Morgan fingerprint density at radius 3 is 2.57 bits per heavy atom. The second kappa shape index (κ2) is 8.52. The van der Waals surface area contributed by atoms with Crippen LogP contribution in [0.3, 0.4) is 0 Å². The molecule has 0 atom stereocenters. The van der Waals surface area contributed by atoms with E-state index < -0.39 is 0 Å². The lowest BCUT2D eigenvalue weighted by molar-refractivity contribution is 0.0746. The van der Waals surface area contributed by atoms with Crippen LogP contribution in [0.2, 0.25) is 0 Å². The maximum absolute atomic E-state index is 12.8. The molecule has 1 aliphatic heterocycles. The van der Waals surface area contributed by atoms with Gasteiger partial charge in [0.05, 0.1) is 7.11 Å². The van der Waals surface area contributed by atoms with Crippen LogP contribution in [0.4, 0.5) is 5.82 Å². The van der Waals surface area contributed by atoms with Gasteiger partial charge in [0.2, 0.25) is 11.7 Å². The minimum Gasteiger partial charge on any atom is -0.497 e. The van der Waals surface area contributed by atoms with E-state index in [9.17, 15) is 4.79 Å². The lowest BCUT2D eigenvalue weighted by atomic mass is 10.1. The third-order valence-corrected chi connectivity index (χ3v) is 5.15. The number of rotatable bonds is 5. The van der Waals surface area contributed by atoms with Gasteiger partial charge in [0, 0.05) is 49.4 Å². The average molecular weight is 407 g/mol. The molecule has 8 nitrogen and oxygen atoms in total. The number of methoxy groups -OCH3 is 1. The van der Waals surface area contributed by atoms with Gasteiger partial charge in [-0.2, -0.15) is 4.98 Å². The maximum atomic E-state index is 12.8. The van der Waals surface area contributed by atoms with E-state index in [-0.39, 0.29) is 11.8 Å². The van der Waals surface area contributed by atoms with Gasteiger partial charge in [0.25, 0.3) is 5.91 Å². The fourth-order valence-electron chi connectivity index (χ4n) is 3.37. The number of hydrogen-bond donors (Lipinski definition) is 0. The molecule has 1 aliphatic rings. The molecule has 8 heteroatoms. The molecule has 2 aromatic heterocycles. The van der Waals surface area contributed by atoms with Crippen LogP contribution < -0.4 is 9.64 Å². The van der Waals surface area contributed by atoms with Crippen molar-refractivity contribution in [2.75, 3.05) is 38.2 Å². The summed E-state index contributed by atoms with van der Waals surface area (Å²) >= 11 is 0. The van der Waals surface area contributed by atoms with Crippen LogP contribution in [-0.4, -0.2) is 59.2 Å². The molecular weight excluding hydrogens is 382 g/mol. The Balaban J connectivity index is 1.38. The van der Waals surface area contributed by atoms with Crippen molar-refractivity contribution in [1.29, 1.82) is 0 Å². The van der Waals surface area contributed by atoms with E-state index in [0.717, 1.165) is 24.5 Å². The van der Waals surface area contributed by atoms with Crippen LogP contribution >= 0.6 is 0 Å². The van der Waals surface area contributed by atoms with Crippen molar-refractivity contribution >= 4 is 11.7 Å². The molecule has 0 spiro atoms. The summed E-state index contributed by atoms with van der Waals surface area (Å²) in [6, 6.07) is 11.2. The first-order chi connectivity index (χ1) is 14.5. The molecule has 1 aromatic carbocycles. The molecule has 1 fully saturated rings. The molecule has 0 aliphatic carbocycles. The normalized spacial score (nSPS) is 14.3. The van der Waals surface area contributed by atoms with Gasteiger partial charge in [-0.25, -0.2) is 4.98 Å².